The van der Waals surface area contributed by atoms with Crippen molar-refractivity contribution in [3.63, 3.8) is 0 Å². The molecule has 0 aliphatic carbocycles. The first-order chi connectivity index (χ1) is 5.31. The topological polar surface area (TPSA) is 3.24 Å². The van der Waals surface area contributed by atoms with Crippen LogP contribution in [0.1, 0.15) is 40.5 Å². The van der Waals surface area contributed by atoms with Crippen LogP contribution in [0.15, 0.2) is 0 Å². The molecule has 0 aromatic rings. The minimum Gasteiger partial charge on any atom is -0.254 e. The molecule has 0 aliphatic rings. The van der Waals surface area contributed by atoms with Crippen molar-refractivity contribution in [1.82, 2.24) is 4.31 Å². The average molecular weight is 177 g/mol. The maximum atomic E-state index is 2.27. The minimum absolute atomic E-state index is 1.15. The smallest absolute Gasteiger partial charge is 0.00806 e. The van der Waals surface area contributed by atoms with Gasteiger partial charge in [0.05, 0.1) is 0 Å². The van der Waals surface area contributed by atoms with E-state index in [9.17, 15) is 0 Å². The standard InChI is InChI=1S/C7H17NS.C2H6/c1-4-6-7-9-8(3)5-2;1-2/h4-7H2,1-3H3;1-2H3. The molecule has 0 unspecified atom stereocenters. The molecule has 0 saturated heterocycles. The molecule has 11 heavy (non-hydrogen) atoms. The summed E-state index contributed by atoms with van der Waals surface area (Å²) < 4.78 is 2.27. The van der Waals surface area contributed by atoms with E-state index in [-0.39, 0.29) is 0 Å². The number of unbranched alkanes of at least 4 members (excludes halogenated alkanes) is 1. The van der Waals surface area contributed by atoms with Gasteiger partial charge in [0.2, 0.25) is 0 Å². The van der Waals surface area contributed by atoms with Gasteiger partial charge < -0.3 is 0 Å². The molecule has 0 heterocycles. The van der Waals surface area contributed by atoms with Crippen molar-refractivity contribution in [3.05, 3.63) is 0 Å². The van der Waals surface area contributed by atoms with E-state index in [1.165, 1.54) is 18.6 Å². The molecule has 0 rings (SSSR count). The van der Waals surface area contributed by atoms with Gasteiger partial charge in [-0.05, 0) is 13.5 Å². The summed E-state index contributed by atoms with van der Waals surface area (Å²) in [6, 6.07) is 0. The fourth-order valence-corrected chi connectivity index (χ4v) is 1.37. The Balaban J connectivity index is 0. The zero-order valence-electron chi connectivity index (χ0n) is 8.68. The van der Waals surface area contributed by atoms with Crippen molar-refractivity contribution in [2.45, 2.75) is 40.5 Å². The van der Waals surface area contributed by atoms with E-state index in [1.807, 2.05) is 25.8 Å². The molecule has 0 spiro atoms. The van der Waals surface area contributed by atoms with Crippen molar-refractivity contribution in [1.29, 1.82) is 0 Å². The van der Waals surface area contributed by atoms with E-state index in [1.54, 1.807) is 0 Å². The summed E-state index contributed by atoms with van der Waals surface area (Å²) in [5, 5.41) is 0. The van der Waals surface area contributed by atoms with Crippen LogP contribution in [-0.2, 0) is 0 Å². The lowest BCUT2D eigenvalue weighted by Crippen LogP contribution is -2.07. The van der Waals surface area contributed by atoms with Gasteiger partial charge in [0.15, 0.2) is 0 Å². The largest absolute Gasteiger partial charge is 0.254 e. The van der Waals surface area contributed by atoms with E-state index in [4.69, 9.17) is 0 Å². The number of rotatable bonds is 5. The molecule has 2 heteroatoms. The number of hydrogen-bond acceptors (Lipinski definition) is 2. The molecule has 0 saturated carbocycles. The molecule has 0 atom stereocenters. The highest BCUT2D eigenvalue weighted by molar-refractivity contribution is 7.96. The fourth-order valence-electron chi connectivity index (χ4n) is 0.456. The Morgan fingerprint density at radius 1 is 1.18 bits per heavy atom. The third kappa shape index (κ3) is 13.3. The third-order valence-corrected chi connectivity index (χ3v) is 2.43. The molecule has 0 aliphatic heterocycles. The van der Waals surface area contributed by atoms with Gasteiger partial charge in [0.1, 0.15) is 0 Å². The molecule has 0 radical (unpaired) electrons. The predicted molar refractivity (Wildman–Crippen MR) is 57.0 cm³/mol. The molecule has 1 nitrogen and oxygen atoms in total. The molecular weight excluding hydrogens is 154 g/mol. The van der Waals surface area contributed by atoms with Crippen LogP contribution < -0.4 is 0 Å². The first-order valence-electron chi connectivity index (χ1n) is 4.65. The summed E-state index contributed by atoms with van der Waals surface area (Å²) in [5.41, 5.74) is 0. The van der Waals surface area contributed by atoms with Crippen molar-refractivity contribution >= 4 is 11.9 Å². The molecule has 0 aromatic carbocycles. The molecule has 70 valence electrons. The highest BCUT2D eigenvalue weighted by Gasteiger charge is 1.91. The Morgan fingerprint density at radius 3 is 2.09 bits per heavy atom. The van der Waals surface area contributed by atoms with E-state index >= 15 is 0 Å². The lowest BCUT2D eigenvalue weighted by Gasteiger charge is -2.10. The third-order valence-electron chi connectivity index (χ3n) is 1.25. The second-order valence-corrected chi connectivity index (χ2v) is 3.42. The van der Waals surface area contributed by atoms with Crippen molar-refractivity contribution in [3.8, 4) is 0 Å². The van der Waals surface area contributed by atoms with Gasteiger partial charge in [-0.2, -0.15) is 0 Å². The van der Waals surface area contributed by atoms with Gasteiger partial charge in [-0.3, -0.25) is 4.31 Å². The highest BCUT2D eigenvalue weighted by Crippen LogP contribution is 2.07. The lowest BCUT2D eigenvalue weighted by atomic mass is 10.4. The van der Waals surface area contributed by atoms with Crippen LogP contribution in [0.25, 0.3) is 0 Å². The lowest BCUT2D eigenvalue weighted by molar-refractivity contribution is 0.600. The van der Waals surface area contributed by atoms with Crippen LogP contribution in [-0.4, -0.2) is 23.7 Å². The van der Waals surface area contributed by atoms with Crippen LogP contribution in [0.2, 0.25) is 0 Å². The fraction of sp³-hybridized carbons (Fsp3) is 1.00. The second kappa shape index (κ2) is 12.9. The zero-order chi connectivity index (χ0) is 9.11. The van der Waals surface area contributed by atoms with Crippen LogP contribution >= 0.6 is 11.9 Å². The maximum Gasteiger partial charge on any atom is 0.00806 e. The summed E-state index contributed by atoms with van der Waals surface area (Å²) in [7, 11) is 2.14. The van der Waals surface area contributed by atoms with Gasteiger partial charge in [-0.25, -0.2) is 0 Å². The van der Waals surface area contributed by atoms with E-state index < -0.39 is 0 Å². The van der Waals surface area contributed by atoms with E-state index in [0.29, 0.717) is 0 Å². The van der Waals surface area contributed by atoms with Gasteiger partial charge in [-0.1, -0.05) is 46.1 Å². The molecule has 0 aromatic heterocycles. The van der Waals surface area contributed by atoms with Gasteiger partial charge >= 0.3 is 0 Å². The zero-order valence-corrected chi connectivity index (χ0v) is 9.50. The first-order valence-corrected chi connectivity index (χ1v) is 5.59. The Hall–Kier alpha value is 0.310. The monoisotopic (exact) mass is 177 g/mol. The summed E-state index contributed by atoms with van der Waals surface area (Å²) in [6.07, 6.45) is 2.65. The summed E-state index contributed by atoms with van der Waals surface area (Å²) in [4.78, 5) is 0. The molecule has 0 bridgehead atoms. The number of nitrogens with zero attached hydrogens (tertiary/aromatic N) is 1. The normalized spacial score (nSPS) is 9.27. The van der Waals surface area contributed by atoms with E-state index in [2.05, 4.69) is 25.2 Å². The quantitative estimate of drug-likeness (QED) is 0.467. The van der Waals surface area contributed by atoms with Crippen LogP contribution in [0.3, 0.4) is 0 Å². The SMILES string of the molecule is CC.CCCCSN(C)CC. The van der Waals surface area contributed by atoms with Gasteiger partial charge in [0.25, 0.3) is 0 Å². The van der Waals surface area contributed by atoms with Crippen molar-refractivity contribution in [2.24, 2.45) is 0 Å². The minimum atomic E-state index is 1.15. The Kier molecular flexibility index (Phi) is 16.3. The summed E-state index contributed by atoms with van der Waals surface area (Å²) in [5.74, 6) is 1.28. The van der Waals surface area contributed by atoms with Crippen molar-refractivity contribution in [2.75, 3.05) is 19.3 Å². The highest BCUT2D eigenvalue weighted by atomic mass is 32.2. The molecule has 0 N–H and O–H groups in total. The Labute approximate surface area is 76.7 Å². The van der Waals surface area contributed by atoms with Crippen LogP contribution in [0.4, 0.5) is 0 Å². The second-order valence-electron chi connectivity index (χ2n) is 2.13. The first kappa shape index (κ1) is 13.9. The van der Waals surface area contributed by atoms with Gasteiger partial charge in [0, 0.05) is 12.3 Å². The van der Waals surface area contributed by atoms with Gasteiger partial charge in [-0.15, -0.1) is 0 Å². The average Bonchev–Trinajstić information content (AvgIpc) is 2.08. The van der Waals surface area contributed by atoms with Crippen molar-refractivity contribution < 1.29 is 0 Å². The predicted octanol–water partition coefficient (Wildman–Crippen LogP) is 3.41. The summed E-state index contributed by atoms with van der Waals surface area (Å²) in [6.45, 7) is 9.56. The molecular formula is C9H23NS. The van der Waals surface area contributed by atoms with Crippen LogP contribution in [0, 0.1) is 0 Å². The molecule has 0 fully saturated rings. The van der Waals surface area contributed by atoms with Crippen LogP contribution in [0.5, 0.6) is 0 Å². The molecule has 0 amide bonds. The Bertz CT molecular complexity index is 57.5. The maximum absolute atomic E-state index is 2.27. The number of hydrogen-bond donors (Lipinski definition) is 0. The van der Waals surface area contributed by atoms with E-state index in [0.717, 1.165) is 6.54 Å². The Morgan fingerprint density at radius 2 is 1.73 bits per heavy atom. The summed E-state index contributed by atoms with van der Waals surface area (Å²) >= 11 is 1.93.